The maximum atomic E-state index is 12.3. The van der Waals surface area contributed by atoms with Gasteiger partial charge in [-0.1, -0.05) is 0 Å². The summed E-state index contributed by atoms with van der Waals surface area (Å²) in [5.41, 5.74) is 0.497. The topological polar surface area (TPSA) is 78.9 Å². The zero-order chi connectivity index (χ0) is 15.5. The van der Waals surface area contributed by atoms with E-state index in [1.54, 1.807) is 13.8 Å². The second-order valence-electron chi connectivity index (χ2n) is 4.14. The monoisotopic (exact) mass is 310 g/mol. The molecular formula is C14H15O6P. The van der Waals surface area contributed by atoms with E-state index in [0.717, 1.165) is 0 Å². The lowest BCUT2D eigenvalue weighted by Gasteiger charge is -2.18. The number of phosphoric ester groups is 1. The smallest absolute Gasteiger partial charge is 0.404 e. The Bertz CT molecular complexity index is 639. The molecule has 0 fully saturated rings. The molecule has 0 N–H and O–H groups in total. The molecule has 0 saturated heterocycles. The van der Waals surface area contributed by atoms with E-state index in [2.05, 4.69) is 0 Å². The molecule has 6 nitrogen and oxygen atoms in total. The van der Waals surface area contributed by atoms with E-state index < -0.39 is 7.82 Å². The largest absolute Gasteiger partial charge is 0.530 e. The molecule has 0 atom stereocenters. The fraction of sp³-hybridized carbons (Fsp3) is 0.286. The standard InChI is InChI=1S/C14H15O6P/c1-3-18-21(17,19-4-2)20-10-5-6-11-12(9-10)14(16)8-7-13(11)15/h5-9H,3-4H2,1-2H3. The van der Waals surface area contributed by atoms with Crippen molar-refractivity contribution in [1.29, 1.82) is 0 Å². The number of benzene rings is 1. The summed E-state index contributed by atoms with van der Waals surface area (Å²) in [6.07, 6.45) is 2.41. The number of allylic oxidation sites excluding steroid dienone is 2. The SMILES string of the molecule is CCOP(=O)(OCC)Oc1ccc2c(c1)C(=O)C=CC2=O. The van der Waals surface area contributed by atoms with E-state index in [1.807, 2.05) is 0 Å². The first-order valence-electron chi connectivity index (χ1n) is 6.48. The highest BCUT2D eigenvalue weighted by molar-refractivity contribution is 7.48. The van der Waals surface area contributed by atoms with Crippen molar-refractivity contribution < 1.29 is 27.7 Å². The summed E-state index contributed by atoms with van der Waals surface area (Å²) in [7, 11) is -3.73. The molecule has 0 aliphatic heterocycles. The molecule has 0 bridgehead atoms. The normalized spacial score (nSPS) is 14.2. The third kappa shape index (κ3) is 3.47. The van der Waals surface area contributed by atoms with Gasteiger partial charge in [0.1, 0.15) is 5.75 Å². The van der Waals surface area contributed by atoms with Crippen LogP contribution in [0.4, 0.5) is 0 Å². The highest BCUT2D eigenvalue weighted by Crippen LogP contribution is 2.49. The van der Waals surface area contributed by atoms with E-state index in [1.165, 1.54) is 30.4 Å². The predicted octanol–water partition coefficient (Wildman–Crippen LogP) is 3.18. The summed E-state index contributed by atoms with van der Waals surface area (Å²) in [4.78, 5) is 23.4. The summed E-state index contributed by atoms with van der Waals surface area (Å²) >= 11 is 0. The first kappa shape index (κ1) is 15.6. The average Bonchev–Trinajstić information content (AvgIpc) is 2.43. The molecule has 0 aromatic heterocycles. The number of carbonyl (C=O) groups excluding carboxylic acids is 2. The lowest BCUT2D eigenvalue weighted by atomic mass is 9.95. The Labute approximate surface area is 122 Å². The lowest BCUT2D eigenvalue weighted by molar-refractivity contribution is 0.0994. The van der Waals surface area contributed by atoms with Crippen molar-refractivity contribution in [3.05, 3.63) is 41.5 Å². The minimum absolute atomic E-state index is 0.149. The molecule has 2 rings (SSSR count). The third-order valence-corrected chi connectivity index (χ3v) is 4.28. The van der Waals surface area contributed by atoms with Gasteiger partial charge >= 0.3 is 7.82 Å². The van der Waals surface area contributed by atoms with Gasteiger partial charge in [-0.2, -0.15) is 0 Å². The highest BCUT2D eigenvalue weighted by atomic mass is 31.2. The summed E-state index contributed by atoms with van der Waals surface area (Å²) in [6.45, 7) is 3.63. The van der Waals surface area contributed by atoms with E-state index in [4.69, 9.17) is 13.6 Å². The lowest BCUT2D eigenvalue weighted by Crippen LogP contribution is -2.11. The second kappa shape index (κ2) is 6.35. The maximum absolute atomic E-state index is 12.3. The quantitative estimate of drug-likeness (QED) is 0.751. The molecule has 1 aromatic carbocycles. The number of rotatable bonds is 6. The predicted molar refractivity (Wildman–Crippen MR) is 75.7 cm³/mol. The maximum Gasteiger partial charge on any atom is 0.530 e. The number of fused-ring (bicyclic) bond motifs is 1. The van der Waals surface area contributed by atoms with Crippen LogP contribution in [0.3, 0.4) is 0 Å². The molecule has 0 amide bonds. The van der Waals surface area contributed by atoms with Crippen LogP contribution in [0.1, 0.15) is 34.6 Å². The minimum atomic E-state index is -3.73. The average molecular weight is 310 g/mol. The second-order valence-corrected chi connectivity index (χ2v) is 5.74. The fourth-order valence-electron chi connectivity index (χ4n) is 1.87. The van der Waals surface area contributed by atoms with Crippen molar-refractivity contribution in [3.63, 3.8) is 0 Å². The van der Waals surface area contributed by atoms with Gasteiger partial charge in [0, 0.05) is 11.1 Å². The van der Waals surface area contributed by atoms with E-state index in [0.29, 0.717) is 0 Å². The van der Waals surface area contributed by atoms with Crippen molar-refractivity contribution in [2.24, 2.45) is 0 Å². The minimum Gasteiger partial charge on any atom is -0.404 e. The first-order valence-corrected chi connectivity index (χ1v) is 7.94. The van der Waals surface area contributed by atoms with Gasteiger partial charge in [-0.05, 0) is 44.2 Å². The van der Waals surface area contributed by atoms with Crippen LogP contribution in [-0.4, -0.2) is 24.8 Å². The molecule has 1 aliphatic carbocycles. The van der Waals surface area contributed by atoms with Crippen molar-refractivity contribution in [1.82, 2.24) is 0 Å². The van der Waals surface area contributed by atoms with Gasteiger partial charge in [-0.15, -0.1) is 0 Å². The van der Waals surface area contributed by atoms with Crippen LogP contribution in [0, 0.1) is 0 Å². The molecule has 21 heavy (non-hydrogen) atoms. The summed E-state index contributed by atoms with van der Waals surface area (Å²) in [5.74, 6) is -0.415. The zero-order valence-electron chi connectivity index (χ0n) is 11.7. The van der Waals surface area contributed by atoms with Crippen molar-refractivity contribution in [2.75, 3.05) is 13.2 Å². The number of phosphoric acid groups is 1. The van der Waals surface area contributed by atoms with Crippen LogP contribution in [0.15, 0.2) is 30.4 Å². The van der Waals surface area contributed by atoms with Gasteiger partial charge in [0.25, 0.3) is 0 Å². The highest BCUT2D eigenvalue weighted by Gasteiger charge is 2.28. The van der Waals surface area contributed by atoms with Crippen LogP contribution in [0.2, 0.25) is 0 Å². The van der Waals surface area contributed by atoms with Gasteiger partial charge in [0.15, 0.2) is 11.6 Å². The molecule has 0 spiro atoms. The number of ketones is 2. The van der Waals surface area contributed by atoms with Crippen LogP contribution in [0.5, 0.6) is 5.75 Å². The van der Waals surface area contributed by atoms with E-state index >= 15 is 0 Å². The van der Waals surface area contributed by atoms with Gasteiger partial charge in [-0.25, -0.2) is 4.57 Å². The molecule has 0 radical (unpaired) electrons. The van der Waals surface area contributed by atoms with Crippen molar-refractivity contribution in [3.8, 4) is 5.75 Å². The Balaban J connectivity index is 2.31. The van der Waals surface area contributed by atoms with Crippen LogP contribution in [-0.2, 0) is 13.6 Å². The number of hydrogen-bond donors (Lipinski definition) is 0. The Morgan fingerprint density at radius 2 is 1.52 bits per heavy atom. The molecule has 0 unspecified atom stereocenters. The molecule has 112 valence electrons. The van der Waals surface area contributed by atoms with Crippen molar-refractivity contribution in [2.45, 2.75) is 13.8 Å². The molecule has 1 aliphatic rings. The Morgan fingerprint density at radius 3 is 2.10 bits per heavy atom. The molecule has 0 saturated carbocycles. The van der Waals surface area contributed by atoms with Crippen LogP contribution in [0.25, 0.3) is 0 Å². The summed E-state index contributed by atoms with van der Waals surface area (Å²) in [5, 5.41) is 0. The summed E-state index contributed by atoms with van der Waals surface area (Å²) in [6, 6.07) is 4.27. The Kier molecular flexibility index (Phi) is 4.73. The third-order valence-electron chi connectivity index (χ3n) is 2.70. The van der Waals surface area contributed by atoms with Crippen molar-refractivity contribution >= 4 is 19.4 Å². The zero-order valence-corrected chi connectivity index (χ0v) is 12.6. The van der Waals surface area contributed by atoms with Gasteiger partial charge in [-0.3, -0.25) is 18.6 Å². The Hall–Kier alpha value is -1.75. The summed E-state index contributed by atoms with van der Waals surface area (Å²) < 4.78 is 27.5. The van der Waals surface area contributed by atoms with Gasteiger partial charge in [0.2, 0.25) is 0 Å². The van der Waals surface area contributed by atoms with Gasteiger partial charge < -0.3 is 4.52 Å². The van der Waals surface area contributed by atoms with E-state index in [9.17, 15) is 14.2 Å². The molecule has 7 heteroatoms. The number of carbonyl (C=O) groups is 2. The van der Waals surface area contributed by atoms with E-state index in [-0.39, 0.29) is 41.7 Å². The van der Waals surface area contributed by atoms with Crippen LogP contribution < -0.4 is 4.52 Å². The van der Waals surface area contributed by atoms with Gasteiger partial charge in [0.05, 0.1) is 13.2 Å². The van der Waals surface area contributed by atoms with Crippen LogP contribution >= 0.6 is 7.82 Å². The molecule has 0 heterocycles. The number of hydrogen-bond acceptors (Lipinski definition) is 6. The molecular weight excluding hydrogens is 295 g/mol. The Morgan fingerprint density at radius 1 is 0.952 bits per heavy atom. The fourth-order valence-corrected chi connectivity index (χ4v) is 3.05. The first-order chi connectivity index (χ1) is 9.99. The molecule has 1 aromatic rings.